The first-order valence-electron chi connectivity index (χ1n) is 10.1. The summed E-state index contributed by atoms with van der Waals surface area (Å²) in [4.78, 5) is 13.2. The van der Waals surface area contributed by atoms with Gasteiger partial charge in [-0.15, -0.1) is 11.3 Å². The van der Waals surface area contributed by atoms with Crippen LogP contribution in [-0.4, -0.2) is 44.7 Å². The van der Waals surface area contributed by atoms with Crippen molar-refractivity contribution >= 4 is 32.3 Å². The van der Waals surface area contributed by atoms with Crippen LogP contribution in [0.1, 0.15) is 11.0 Å². The highest BCUT2D eigenvalue weighted by molar-refractivity contribution is 7.92. The van der Waals surface area contributed by atoms with Crippen LogP contribution in [0.3, 0.4) is 0 Å². The van der Waals surface area contributed by atoms with Crippen molar-refractivity contribution in [3.8, 4) is 34.0 Å². The number of benzene rings is 1. The normalized spacial score (nSPS) is 15.7. The molecular formula is C22H16FN5O3S2. The van der Waals surface area contributed by atoms with E-state index < -0.39 is 9.84 Å². The number of thiazole rings is 1. The summed E-state index contributed by atoms with van der Waals surface area (Å²) in [5.41, 5.74) is 3.67. The van der Waals surface area contributed by atoms with Crippen LogP contribution in [-0.2, 0) is 9.84 Å². The van der Waals surface area contributed by atoms with Crippen molar-refractivity contribution in [2.45, 2.75) is 13.0 Å². The van der Waals surface area contributed by atoms with Crippen molar-refractivity contribution in [1.82, 2.24) is 24.7 Å². The Morgan fingerprint density at radius 1 is 1.15 bits per heavy atom. The SMILES string of the molecule is Cc1nc(-c2cc3c(-c4cn(C5CS(=O)(=O)C5)nc4-c4ccc(F)cc4)ncnc3o2)cs1. The third-order valence-corrected chi connectivity index (χ3v) is 8.13. The number of hydrogen-bond acceptors (Lipinski definition) is 8. The van der Waals surface area contributed by atoms with Gasteiger partial charge in [0.15, 0.2) is 15.6 Å². The maximum atomic E-state index is 13.6. The average molecular weight is 482 g/mol. The smallest absolute Gasteiger partial charge is 0.230 e. The van der Waals surface area contributed by atoms with Crippen LogP contribution in [0.5, 0.6) is 0 Å². The molecule has 33 heavy (non-hydrogen) atoms. The largest absolute Gasteiger partial charge is 0.436 e. The van der Waals surface area contributed by atoms with Crippen molar-refractivity contribution in [3.05, 3.63) is 59.1 Å². The number of halogens is 1. The first-order valence-corrected chi connectivity index (χ1v) is 12.8. The van der Waals surface area contributed by atoms with Gasteiger partial charge < -0.3 is 4.42 Å². The molecule has 11 heteroatoms. The predicted octanol–water partition coefficient (Wildman–Crippen LogP) is 4.29. The third-order valence-electron chi connectivity index (χ3n) is 5.57. The van der Waals surface area contributed by atoms with E-state index in [9.17, 15) is 12.8 Å². The molecular weight excluding hydrogens is 465 g/mol. The summed E-state index contributed by atoms with van der Waals surface area (Å²) >= 11 is 1.53. The van der Waals surface area contributed by atoms with E-state index in [1.807, 2.05) is 18.4 Å². The van der Waals surface area contributed by atoms with E-state index in [0.717, 1.165) is 10.7 Å². The quantitative estimate of drug-likeness (QED) is 0.377. The van der Waals surface area contributed by atoms with Crippen LogP contribution in [0.4, 0.5) is 4.39 Å². The van der Waals surface area contributed by atoms with Gasteiger partial charge in [0.2, 0.25) is 5.71 Å². The molecule has 0 atom stereocenters. The zero-order valence-corrected chi connectivity index (χ0v) is 18.9. The molecule has 8 nitrogen and oxygen atoms in total. The zero-order valence-electron chi connectivity index (χ0n) is 17.3. The van der Waals surface area contributed by atoms with Gasteiger partial charge in [-0.1, -0.05) is 0 Å². The number of aryl methyl sites for hydroxylation is 1. The Balaban J connectivity index is 1.52. The molecule has 1 aliphatic heterocycles. The van der Waals surface area contributed by atoms with Crippen LogP contribution in [0.15, 0.2) is 52.7 Å². The molecule has 0 saturated carbocycles. The summed E-state index contributed by atoms with van der Waals surface area (Å²) in [5, 5.41) is 8.20. The van der Waals surface area contributed by atoms with E-state index in [1.165, 1.54) is 29.8 Å². The fourth-order valence-electron chi connectivity index (χ4n) is 3.94. The van der Waals surface area contributed by atoms with Gasteiger partial charge in [-0.3, -0.25) is 4.68 Å². The topological polar surface area (TPSA) is 104 Å². The number of nitrogens with zero attached hydrogens (tertiary/aromatic N) is 5. The maximum Gasteiger partial charge on any atom is 0.230 e. The van der Waals surface area contributed by atoms with Gasteiger partial charge in [-0.25, -0.2) is 27.8 Å². The second-order valence-electron chi connectivity index (χ2n) is 7.91. The molecule has 1 aliphatic rings. The molecule has 0 amide bonds. The lowest BCUT2D eigenvalue weighted by Crippen LogP contribution is -2.38. The minimum absolute atomic E-state index is 0.0369. The Morgan fingerprint density at radius 3 is 2.64 bits per heavy atom. The fraction of sp³-hybridized carbons (Fsp3) is 0.182. The number of hydrogen-bond donors (Lipinski definition) is 0. The van der Waals surface area contributed by atoms with Crippen molar-refractivity contribution in [1.29, 1.82) is 0 Å². The summed E-state index contributed by atoms with van der Waals surface area (Å²) in [6.07, 6.45) is 3.20. The highest BCUT2D eigenvalue weighted by Gasteiger charge is 2.36. The molecule has 0 unspecified atom stereocenters. The van der Waals surface area contributed by atoms with E-state index in [4.69, 9.17) is 4.42 Å². The molecule has 0 bridgehead atoms. The van der Waals surface area contributed by atoms with Gasteiger partial charge in [-0.2, -0.15) is 5.10 Å². The van der Waals surface area contributed by atoms with E-state index in [0.29, 0.717) is 39.4 Å². The molecule has 1 saturated heterocycles. The molecule has 6 rings (SSSR count). The molecule has 0 aliphatic carbocycles. The standard InChI is InChI=1S/C22H16FN5O3S2/c1-12-26-18(8-32-12)19-6-16-21(24-11-25-22(16)31-19)17-7-28(15-9-33(29,30)10-15)27-20(17)13-2-4-14(23)5-3-13/h2-8,11,15H,9-10H2,1H3. The van der Waals surface area contributed by atoms with Crippen LogP contribution < -0.4 is 0 Å². The summed E-state index contributed by atoms with van der Waals surface area (Å²) in [5.74, 6) is 0.300. The minimum atomic E-state index is -3.03. The summed E-state index contributed by atoms with van der Waals surface area (Å²) in [6.45, 7) is 1.92. The van der Waals surface area contributed by atoms with Gasteiger partial charge in [0.25, 0.3) is 0 Å². The minimum Gasteiger partial charge on any atom is -0.436 e. The lowest BCUT2D eigenvalue weighted by atomic mass is 10.0. The summed E-state index contributed by atoms with van der Waals surface area (Å²) in [7, 11) is -3.03. The molecule has 0 radical (unpaired) electrons. The average Bonchev–Trinajstić information content (AvgIpc) is 3.49. The molecule has 0 N–H and O–H groups in total. The van der Waals surface area contributed by atoms with Crippen molar-refractivity contribution in [2.24, 2.45) is 0 Å². The molecule has 1 aromatic carbocycles. The van der Waals surface area contributed by atoms with Gasteiger partial charge in [0.1, 0.15) is 23.5 Å². The lowest BCUT2D eigenvalue weighted by molar-refractivity contribution is 0.474. The van der Waals surface area contributed by atoms with E-state index in [1.54, 1.807) is 23.0 Å². The Hall–Kier alpha value is -3.44. The Labute approximate surface area is 191 Å². The van der Waals surface area contributed by atoms with Crippen molar-refractivity contribution < 1.29 is 17.2 Å². The highest BCUT2D eigenvalue weighted by Crippen LogP contribution is 2.38. The van der Waals surface area contributed by atoms with Gasteiger partial charge in [0.05, 0.1) is 33.6 Å². The number of aromatic nitrogens is 5. The lowest BCUT2D eigenvalue weighted by Gasteiger charge is -2.25. The van der Waals surface area contributed by atoms with Crippen LogP contribution in [0, 0.1) is 12.7 Å². The van der Waals surface area contributed by atoms with E-state index >= 15 is 0 Å². The van der Waals surface area contributed by atoms with Gasteiger partial charge >= 0.3 is 0 Å². The van der Waals surface area contributed by atoms with Crippen molar-refractivity contribution in [3.63, 3.8) is 0 Å². The van der Waals surface area contributed by atoms with Crippen LogP contribution >= 0.6 is 11.3 Å². The van der Waals surface area contributed by atoms with Gasteiger partial charge in [-0.05, 0) is 37.3 Å². The fourth-order valence-corrected chi connectivity index (χ4v) is 5.92. The van der Waals surface area contributed by atoms with Crippen LogP contribution in [0.25, 0.3) is 45.1 Å². The number of rotatable bonds is 4. The van der Waals surface area contributed by atoms with Crippen LogP contribution in [0.2, 0.25) is 0 Å². The number of furan rings is 1. The maximum absolute atomic E-state index is 13.6. The zero-order chi connectivity index (χ0) is 22.7. The molecule has 0 spiro atoms. The first-order chi connectivity index (χ1) is 15.9. The predicted molar refractivity (Wildman–Crippen MR) is 122 cm³/mol. The van der Waals surface area contributed by atoms with E-state index in [-0.39, 0.29) is 23.4 Å². The summed E-state index contributed by atoms with van der Waals surface area (Å²) in [6, 6.07) is 7.60. The van der Waals surface area contributed by atoms with Crippen molar-refractivity contribution in [2.75, 3.05) is 11.5 Å². The molecule has 5 aromatic rings. The number of sulfone groups is 1. The Bertz CT molecular complexity index is 1610. The van der Waals surface area contributed by atoms with Gasteiger partial charge in [0, 0.05) is 22.7 Å². The second kappa shape index (κ2) is 7.29. The monoisotopic (exact) mass is 481 g/mol. The molecule has 4 aromatic heterocycles. The third kappa shape index (κ3) is 3.53. The Morgan fingerprint density at radius 2 is 1.94 bits per heavy atom. The van der Waals surface area contributed by atoms with E-state index in [2.05, 4.69) is 20.1 Å². The second-order valence-corrected chi connectivity index (χ2v) is 11.1. The molecule has 1 fully saturated rings. The molecule has 166 valence electrons. The number of fused-ring (bicyclic) bond motifs is 1. The molecule has 5 heterocycles. The first kappa shape index (κ1) is 20.2. The summed E-state index contributed by atoms with van der Waals surface area (Å²) < 4.78 is 44.6. The highest BCUT2D eigenvalue weighted by atomic mass is 32.2. The Kier molecular flexibility index (Phi) is 4.46.